The Hall–Kier alpha value is -2.21. The van der Waals surface area contributed by atoms with Gasteiger partial charge in [0.2, 0.25) is 0 Å². The number of hydrogen-bond acceptors (Lipinski definition) is 4. The molecule has 3 rings (SSSR count). The number of likely N-dealkylation sites (tertiary alicyclic amines) is 1. The fourth-order valence-electron chi connectivity index (χ4n) is 3.75. The van der Waals surface area contributed by atoms with E-state index >= 15 is 0 Å². The van der Waals surface area contributed by atoms with E-state index in [4.69, 9.17) is 5.73 Å². The topological polar surface area (TPSA) is 83.7 Å². The molecule has 6 heteroatoms. The molecule has 0 radical (unpaired) electrons. The summed E-state index contributed by atoms with van der Waals surface area (Å²) in [6.45, 7) is 5.81. The number of unbranched alkanes of at least 4 members (excludes halogenated alkanes) is 1. The van der Waals surface area contributed by atoms with Crippen LogP contribution in [0.5, 0.6) is 0 Å². The van der Waals surface area contributed by atoms with Gasteiger partial charge in [-0.25, -0.2) is 0 Å². The third-order valence-corrected chi connectivity index (χ3v) is 5.52. The van der Waals surface area contributed by atoms with Crippen LogP contribution >= 0.6 is 0 Å². The Morgan fingerprint density at radius 3 is 2.46 bits per heavy atom. The van der Waals surface area contributed by atoms with Gasteiger partial charge in [-0.15, -0.1) is 0 Å². The van der Waals surface area contributed by atoms with E-state index in [2.05, 4.69) is 0 Å². The van der Waals surface area contributed by atoms with Gasteiger partial charge in [0.05, 0.1) is 11.1 Å². The quantitative estimate of drug-likeness (QED) is 0.820. The van der Waals surface area contributed by atoms with Crippen molar-refractivity contribution in [2.24, 2.45) is 11.7 Å². The number of amides is 3. The summed E-state index contributed by atoms with van der Waals surface area (Å²) in [4.78, 5) is 40.8. The highest BCUT2D eigenvalue weighted by Gasteiger charge is 2.36. The minimum absolute atomic E-state index is 0.0804. The van der Waals surface area contributed by atoms with Gasteiger partial charge in [-0.3, -0.25) is 19.3 Å². The van der Waals surface area contributed by atoms with E-state index in [1.165, 1.54) is 4.90 Å². The summed E-state index contributed by atoms with van der Waals surface area (Å²) < 4.78 is 0. The molecule has 26 heavy (non-hydrogen) atoms. The first-order valence-electron chi connectivity index (χ1n) is 9.49. The van der Waals surface area contributed by atoms with Crippen molar-refractivity contribution in [2.45, 2.75) is 45.6 Å². The maximum atomic E-state index is 12.8. The molecular formula is C20H27N3O3. The third-order valence-electron chi connectivity index (χ3n) is 5.52. The number of piperidine rings is 1. The summed E-state index contributed by atoms with van der Waals surface area (Å²) in [5, 5.41) is 0. The highest BCUT2D eigenvalue weighted by molar-refractivity contribution is 6.22. The molecule has 0 saturated carbocycles. The third kappa shape index (κ3) is 3.38. The first kappa shape index (κ1) is 18.6. The normalized spacial score (nSPS) is 19.0. The van der Waals surface area contributed by atoms with Crippen LogP contribution in [0.15, 0.2) is 18.2 Å². The molecule has 6 nitrogen and oxygen atoms in total. The lowest BCUT2D eigenvalue weighted by atomic mass is 9.90. The Labute approximate surface area is 154 Å². The number of benzene rings is 1. The number of fused-ring (bicyclic) bond motifs is 1. The van der Waals surface area contributed by atoms with Gasteiger partial charge in [-0.05, 0) is 50.3 Å². The predicted octanol–water partition coefficient (Wildman–Crippen LogP) is 2.28. The molecular weight excluding hydrogens is 330 g/mol. The molecule has 2 N–H and O–H groups in total. The van der Waals surface area contributed by atoms with Crippen molar-refractivity contribution in [2.75, 3.05) is 19.6 Å². The number of hydrogen-bond donors (Lipinski definition) is 1. The Balaban J connectivity index is 1.74. The highest BCUT2D eigenvalue weighted by Crippen LogP contribution is 2.26. The molecule has 0 spiro atoms. The van der Waals surface area contributed by atoms with Crippen LogP contribution in [0.4, 0.5) is 0 Å². The smallest absolute Gasteiger partial charge is 0.261 e. The summed E-state index contributed by atoms with van der Waals surface area (Å²) in [5.41, 5.74) is 7.18. The Morgan fingerprint density at radius 1 is 1.19 bits per heavy atom. The van der Waals surface area contributed by atoms with Crippen LogP contribution in [0.25, 0.3) is 0 Å². The van der Waals surface area contributed by atoms with Crippen LogP contribution in [0.2, 0.25) is 0 Å². The maximum absolute atomic E-state index is 12.8. The summed E-state index contributed by atoms with van der Waals surface area (Å²) in [6, 6.07) is 5.00. The second-order valence-corrected chi connectivity index (χ2v) is 7.36. The van der Waals surface area contributed by atoms with Crippen molar-refractivity contribution in [3.05, 3.63) is 34.9 Å². The number of rotatable bonds is 5. The standard InChI is InChI=1S/C20H27N3O3/c1-3-4-9-23-19(25)16-6-5-15(12-17(16)20(23)26)18(24)22-10-7-14(8-11-22)13(2)21/h5-6,12-14H,3-4,7-11,21H2,1-2H3. The Bertz CT molecular complexity index is 721. The largest absolute Gasteiger partial charge is 0.339 e. The predicted molar refractivity (Wildman–Crippen MR) is 99.0 cm³/mol. The second kappa shape index (κ2) is 7.58. The van der Waals surface area contributed by atoms with Gasteiger partial charge in [-0.2, -0.15) is 0 Å². The zero-order valence-corrected chi connectivity index (χ0v) is 15.5. The Morgan fingerprint density at radius 2 is 1.85 bits per heavy atom. The van der Waals surface area contributed by atoms with Crippen molar-refractivity contribution in [3.8, 4) is 0 Å². The van der Waals surface area contributed by atoms with Gasteiger partial charge in [0, 0.05) is 31.2 Å². The van der Waals surface area contributed by atoms with Crippen LogP contribution in [-0.4, -0.2) is 53.2 Å². The van der Waals surface area contributed by atoms with Crippen LogP contribution < -0.4 is 5.73 Å². The summed E-state index contributed by atoms with van der Waals surface area (Å²) in [5.74, 6) is -0.174. The maximum Gasteiger partial charge on any atom is 0.261 e. The summed E-state index contributed by atoms with van der Waals surface area (Å²) in [6.07, 6.45) is 3.49. The molecule has 2 aliphatic heterocycles. The van der Waals surface area contributed by atoms with Crippen molar-refractivity contribution >= 4 is 17.7 Å². The van der Waals surface area contributed by atoms with Gasteiger partial charge in [0.15, 0.2) is 0 Å². The molecule has 2 aliphatic rings. The molecule has 0 bridgehead atoms. The molecule has 1 atom stereocenters. The number of nitrogens with zero attached hydrogens (tertiary/aromatic N) is 2. The number of carbonyl (C=O) groups is 3. The van der Waals surface area contributed by atoms with Crippen LogP contribution in [0.1, 0.15) is 70.6 Å². The van der Waals surface area contributed by atoms with Crippen LogP contribution in [0, 0.1) is 5.92 Å². The summed E-state index contributed by atoms with van der Waals surface area (Å²) in [7, 11) is 0. The van der Waals surface area contributed by atoms with E-state index in [0.717, 1.165) is 25.7 Å². The van der Waals surface area contributed by atoms with E-state index in [0.29, 0.717) is 42.2 Å². The van der Waals surface area contributed by atoms with Crippen LogP contribution in [-0.2, 0) is 0 Å². The van der Waals surface area contributed by atoms with E-state index in [1.54, 1.807) is 18.2 Å². The molecule has 2 heterocycles. The first-order valence-corrected chi connectivity index (χ1v) is 9.49. The lowest BCUT2D eigenvalue weighted by Gasteiger charge is -2.33. The van der Waals surface area contributed by atoms with Gasteiger partial charge in [-0.1, -0.05) is 13.3 Å². The molecule has 1 fully saturated rings. The number of imide groups is 1. The van der Waals surface area contributed by atoms with E-state index < -0.39 is 0 Å². The van der Waals surface area contributed by atoms with E-state index in [1.807, 2.05) is 18.7 Å². The average Bonchev–Trinajstić information content (AvgIpc) is 2.89. The highest BCUT2D eigenvalue weighted by atomic mass is 16.2. The van der Waals surface area contributed by atoms with E-state index in [-0.39, 0.29) is 23.8 Å². The zero-order valence-electron chi connectivity index (χ0n) is 15.5. The minimum Gasteiger partial charge on any atom is -0.339 e. The monoisotopic (exact) mass is 357 g/mol. The molecule has 3 amide bonds. The molecule has 140 valence electrons. The molecule has 0 aromatic heterocycles. The molecule has 1 aromatic carbocycles. The SMILES string of the molecule is CCCCN1C(=O)c2ccc(C(=O)N3CCC(C(C)N)CC3)cc2C1=O. The van der Waals surface area contributed by atoms with Crippen molar-refractivity contribution in [1.29, 1.82) is 0 Å². The minimum atomic E-state index is -0.288. The zero-order chi connectivity index (χ0) is 18.8. The van der Waals surface area contributed by atoms with Crippen molar-refractivity contribution in [1.82, 2.24) is 9.80 Å². The van der Waals surface area contributed by atoms with Gasteiger partial charge in [0.1, 0.15) is 0 Å². The summed E-state index contributed by atoms with van der Waals surface area (Å²) >= 11 is 0. The number of nitrogens with two attached hydrogens (primary N) is 1. The number of carbonyl (C=O) groups excluding carboxylic acids is 3. The average molecular weight is 357 g/mol. The molecule has 1 saturated heterocycles. The fraction of sp³-hybridized carbons (Fsp3) is 0.550. The molecule has 1 unspecified atom stereocenters. The van der Waals surface area contributed by atoms with Crippen molar-refractivity contribution in [3.63, 3.8) is 0 Å². The van der Waals surface area contributed by atoms with Gasteiger partial charge in [0.25, 0.3) is 17.7 Å². The second-order valence-electron chi connectivity index (χ2n) is 7.36. The Kier molecular flexibility index (Phi) is 5.41. The van der Waals surface area contributed by atoms with E-state index in [9.17, 15) is 14.4 Å². The van der Waals surface area contributed by atoms with Gasteiger partial charge >= 0.3 is 0 Å². The first-order chi connectivity index (χ1) is 12.4. The molecule has 0 aliphatic carbocycles. The van der Waals surface area contributed by atoms with Crippen molar-refractivity contribution < 1.29 is 14.4 Å². The lowest BCUT2D eigenvalue weighted by molar-refractivity contribution is 0.0650. The fourth-order valence-corrected chi connectivity index (χ4v) is 3.75. The van der Waals surface area contributed by atoms with Crippen LogP contribution in [0.3, 0.4) is 0 Å². The van der Waals surface area contributed by atoms with Gasteiger partial charge < -0.3 is 10.6 Å². The molecule has 1 aromatic rings. The lowest BCUT2D eigenvalue weighted by Crippen LogP contribution is -2.42.